The van der Waals surface area contributed by atoms with Crippen LogP contribution in [0.15, 0.2) is 55.0 Å². The third-order valence-corrected chi connectivity index (χ3v) is 5.02. The summed E-state index contributed by atoms with van der Waals surface area (Å²) in [5.41, 5.74) is 2.97. The van der Waals surface area contributed by atoms with Gasteiger partial charge in [-0.15, -0.1) is 0 Å². The van der Waals surface area contributed by atoms with E-state index in [1.165, 1.54) is 4.90 Å². The monoisotopic (exact) mass is 391 g/mol. The van der Waals surface area contributed by atoms with Crippen molar-refractivity contribution in [2.45, 2.75) is 25.4 Å². The van der Waals surface area contributed by atoms with Gasteiger partial charge >= 0.3 is 6.03 Å². The standard InChI is InChI=1S/C21H21N5O3/c27-19(24-12-14-5-8-22-9-6-14)11-18-20(28)26(21(29)25-18)10-7-15-13-23-17-4-2-1-3-16(15)17/h1-6,8-9,13,18,23H,7,10-12H2,(H,24,27)(H,25,29)/t18-/m1/s1. The number of aromatic nitrogens is 2. The van der Waals surface area contributed by atoms with Crippen molar-refractivity contribution < 1.29 is 14.4 Å². The first kappa shape index (κ1) is 18.7. The van der Waals surface area contributed by atoms with Gasteiger partial charge in [-0.3, -0.25) is 19.5 Å². The molecule has 1 fully saturated rings. The Kier molecular flexibility index (Phi) is 5.24. The summed E-state index contributed by atoms with van der Waals surface area (Å²) in [5, 5.41) is 6.44. The fourth-order valence-electron chi connectivity index (χ4n) is 3.46. The van der Waals surface area contributed by atoms with Crippen LogP contribution >= 0.6 is 0 Å². The fourth-order valence-corrected chi connectivity index (χ4v) is 3.46. The average Bonchev–Trinajstić information content (AvgIpc) is 3.26. The molecule has 0 saturated carbocycles. The van der Waals surface area contributed by atoms with Gasteiger partial charge in [0.15, 0.2) is 0 Å². The number of hydrogen-bond acceptors (Lipinski definition) is 4. The number of rotatable bonds is 7. The number of para-hydroxylation sites is 1. The molecule has 1 saturated heterocycles. The molecule has 0 radical (unpaired) electrons. The summed E-state index contributed by atoms with van der Waals surface area (Å²) in [6, 6.07) is 10.2. The zero-order chi connectivity index (χ0) is 20.2. The van der Waals surface area contributed by atoms with Crippen molar-refractivity contribution in [1.82, 2.24) is 25.5 Å². The highest BCUT2D eigenvalue weighted by Crippen LogP contribution is 2.19. The lowest BCUT2D eigenvalue weighted by Gasteiger charge is -2.13. The lowest BCUT2D eigenvalue weighted by Crippen LogP contribution is -2.36. The number of hydrogen-bond donors (Lipinski definition) is 3. The second-order valence-electron chi connectivity index (χ2n) is 6.94. The van der Waals surface area contributed by atoms with Crippen LogP contribution in [0.5, 0.6) is 0 Å². The van der Waals surface area contributed by atoms with Gasteiger partial charge in [-0.2, -0.15) is 0 Å². The zero-order valence-electron chi connectivity index (χ0n) is 15.7. The third-order valence-electron chi connectivity index (χ3n) is 5.02. The fraction of sp³-hybridized carbons (Fsp3) is 0.238. The van der Waals surface area contributed by atoms with Crippen molar-refractivity contribution in [1.29, 1.82) is 0 Å². The van der Waals surface area contributed by atoms with Crippen LogP contribution in [0.25, 0.3) is 10.9 Å². The molecule has 0 spiro atoms. The Morgan fingerprint density at radius 3 is 2.76 bits per heavy atom. The minimum atomic E-state index is -0.831. The second-order valence-corrected chi connectivity index (χ2v) is 6.94. The topological polar surface area (TPSA) is 107 Å². The Morgan fingerprint density at radius 1 is 1.14 bits per heavy atom. The van der Waals surface area contributed by atoms with E-state index in [4.69, 9.17) is 0 Å². The number of H-pyrrole nitrogens is 1. The normalized spacial score (nSPS) is 16.3. The molecule has 3 aromatic rings. The summed E-state index contributed by atoms with van der Waals surface area (Å²) in [6.07, 6.45) is 5.65. The SMILES string of the molecule is O=C(C[C@H]1NC(=O)N(CCc2c[nH]c3ccccc23)C1=O)NCc1ccncc1. The van der Waals surface area contributed by atoms with Gasteiger partial charge in [0.2, 0.25) is 5.91 Å². The molecule has 2 aromatic heterocycles. The highest BCUT2D eigenvalue weighted by molar-refractivity contribution is 6.05. The van der Waals surface area contributed by atoms with Crippen LogP contribution in [0, 0.1) is 0 Å². The number of benzene rings is 1. The summed E-state index contributed by atoms with van der Waals surface area (Å²) < 4.78 is 0. The molecule has 1 atom stereocenters. The van der Waals surface area contributed by atoms with E-state index < -0.39 is 12.1 Å². The molecule has 3 N–H and O–H groups in total. The minimum Gasteiger partial charge on any atom is -0.361 e. The summed E-state index contributed by atoms with van der Waals surface area (Å²) in [4.78, 5) is 45.3. The minimum absolute atomic E-state index is 0.0841. The largest absolute Gasteiger partial charge is 0.361 e. The van der Waals surface area contributed by atoms with E-state index in [-0.39, 0.29) is 24.8 Å². The van der Waals surface area contributed by atoms with E-state index in [1.54, 1.807) is 24.5 Å². The van der Waals surface area contributed by atoms with E-state index in [1.807, 2.05) is 30.5 Å². The van der Waals surface area contributed by atoms with Crippen LogP contribution in [-0.2, 0) is 22.6 Å². The van der Waals surface area contributed by atoms with E-state index in [9.17, 15) is 14.4 Å². The number of urea groups is 1. The van der Waals surface area contributed by atoms with E-state index in [0.29, 0.717) is 13.0 Å². The predicted molar refractivity (Wildman–Crippen MR) is 107 cm³/mol. The molecule has 0 unspecified atom stereocenters. The smallest absolute Gasteiger partial charge is 0.324 e. The molecular weight excluding hydrogens is 370 g/mol. The van der Waals surface area contributed by atoms with Crippen LogP contribution < -0.4 is 10.6 Å². The lowest BCUT2D eigenvalue weighted by molar-refractivity contribution is -0.130. The van der Waals surface area contributed by atoms with Crippen molar-refractivity contribution in [3.63, 3.8) is 0 Å². The second kappa shape index (κ2) is 8.14. The number of imide groups is 1. The first-order valence-corrected chi connectivity index (χ1v) is 9.44. The molecular formula is C21H21N5O3. The number of nitrogens with one attached hydrogen (secondary N) is 3. The Labute approximate surface area is 167 Å². The number of pyridine rings is 1. The Hall–Kier alpha value is -3.68. The molecule has 3 heterocycles. The molecule has 1 aliphatic rings. The number of carbonyl (C=O) groups excluding carboxylic acids is 3. The summed E-state index contributed by atoms with van der Waals surface area (Å²) in [6.45, 7) is 0.613. The Morgan fingerprint density at radius 2 is 1.93 bits per heavy atom. The first-order valence-electron chi connectivity index (χ1n) is 9.44. The molecule has 0 aliphatic carbocycles. The van der Waals surface area contributed by atoms with E-state index in [2.05, 4.69) is 20.6 Å². The van der Waals surface area contributed by atoms with Gasteiger partial charge in [0.05, 0.1) is 6.42 Å². The molecule has 29 heavy (non-hydrogen) atoms. The van der Waals surface area contributed by atoms with Crippen molar-refractivity contribution in [2.75, 3.05) is 6.54 Å². The van der Waals surface area contributed by atoms with Gasteiger partial charge in [-0.05, 0) is 35.7 Å². The molecule has 0 bridgehead atoms. The molecule has 8 heteroatoms. The molecule has 8 nitrogen and oxygen atoms in total. The number of carbonyl (C=O) groups is 3. The van der Waals surface area contributed by atoms with Crippen LogP contribution in [-0.4, -0.2) is 45.3 Å². The van der Waals surface area contributed by atoms with Crippen LogP contribution in [0.2, 0.25) is 0 Å². The van der Waals surface area contributed by atoms with E-state index in [0.717, 1.165) is 22.0 Å². The van der Waals surface area contributed by atoms with Crippen LogP contribution in [0.4, 0.5) is 4.79 Å². The quantitative estimate of drug-likeness (QED) is 0.533. The van der Waals surface area contributed by atoms with Gasteiger partial charge in [-0.1, -0.05) is 18.2 Å². The van der Waals surface area contributed by atoms with Gasteiger partial charge in [-0.25, -0.2) is 4.79 Å². The number of nitrogens with zero attached hydrogens (tertiary/aromatic N) is 2. The molecule has 1 aromatic carbocycles. The Balaban J connectivity index is 1.31. The highest BCUT2D eigenvalue weighted by Gasteiger charge is 2.38. The Bertz CT molecular complexity index is 1050. The lowest BCUT2D eigenvalue weighted by atomic mass is 10.1. The van der Waals surface area contributed by atoms with Crippen molar-refractivity contribution in [2.24, 2.45) is 0 Å². The summed E-state index contributed by atoms with van der Waals surface area (Å²) in [7, 11) is 0. The summed E-state index contributed by atoms with van der Waals surface area (Å²) in [5.74, 6) is -0.659. The van der Waals surface area contributed by atoms with Crippen molar-refractivity contribution >= 4 is 28.7 Å². The predicted octanol–water partition coefficient (Wildman–Crippen LogP) is 1.73. The van der Waals surface area contributed by atoms with Crippen LogP contribution in [0.1, 0.15) is 17.5 Å². The maximum atomic E-state index is 12.6. The van der Waals surface area contributed by atoms with Gasteiger partial charge < -0.3 is 15.6 Å². The highest BCUT2D eigenvalue weighted by atomic mass is 16.2. The zero-order valence-corrected chi connectivity index (χ0v) is 15.7. The number of amides is 4. The maximum absolute atomic E-state index is 12.6. The van der Waals surface area contributed by atoms with Crippen LogP contribution in [0.3, 0.4) is 0 Å². The third kappa shape index (κ3) is 4.11. The maximum Gasteiger partial charge on any atom is 0.324 e. The molecule has 1 aliphatic heterocycles. The average molecular weight is 391 g/mol. The molecule has 4 amide bonds. The van der Waals surface area contributed by atoms with Gasteiger partial charge in [0.1, 0.15) is 6.04 Å². The van der Waals surface area contributed by atoms with Crippen molar-refractivity contribution in [3.8, 4) is 0 Å². The molecule has 148 valence electrons. The number of fused-ring (bicyclic) bond motifs is 1. The van der Waals surface area contributed by atoms with Gasteiger partial charge in [0.25, 0.3) is 5.91 Å². The van der Waals surface area contributed by atoms with E-state index >= 15 is 0 Å². The molecule has 4 rings (SSSR count). The summed E-state index contributed by atoms with van der Waals surface area (Å²) >= 11 is 0. The van der Waals surface area contributed by atoms with Crippen molar-refractivity contribution in [3.05, 3.63) is 66.1 Å². The number of aromatic amines is 1. The van der Waals surface area contributed by atoms with Gasteiger partial charge in [0, 0.05) is 42.6 Å². The first-order chi connectivity index (χ1) is 14.1.